The third kappa shape index (κ3) is 2.24. The van der Waals surface area contributed by atoms with Crippen molar-refractivity contribution in [2.24, 2.45) is 0 Å². The summed E-state index contributed by atoms with van der Waals surface area (Å²) in [6, 6.07) is 1.91. The maximum Gasteiger partial charge on any atom is 0.152 e. The van der Waals surface area contributed by atoms with Crippen LogP contribution in [0.4, 0.5) is 5.82 Å². The number of nitrogens with zero attached hydrogens (tertiary/aromatic N) is 2. The molecule has 1 aromatic rings. The molecule has 1 aliphatic rings. The van der Waals surface area contributed by atoms with Crippen molar-refractivity contribution in [1.82, 2.24) is 15.5 Å². The van der Waals surface area contributed by atoms with Crippen molar-refractivity contribution in [2.45, 2.75) is 18.8 Å². The number of methoxy groups -OCH3 is 1. The molecule has 5 heteroatoms. The molecule has 0 unspecified atom stereocenters. The van der Waals surface area contributed by atoms with E-state index in [1.54, 1.807) is 7.11 Å². The summed E-state index contributed by atoms with van der Waals surface area (Å²) in [5.74, 6) is 2.05. The van der Waals surface area contributed by atoms with Crippen LogP contribution in [0.3, 0.4) is 0 Å². The van der Waals surface area contributed by atoms with E-state index in [1.165, 1.54) is 0 Å². The van der Waals surface area contributed by atoms with Crippen LogP contribution in [0.25, 0.3) is 0 Å². The average Bonchev–Trinajstić information content (AvgIpc) is 2.39. The van der Waals surface area contributed by atoms with E-state index < -0.39 is 0 Å². The van der Waals surface area contributed by atoms with Gasteiger partial charge >= 0.3 is 0 Å². The molecule has 5 nitrogen and oxygen atoms in total. The first-order valence-corrected chi connectivity index (χ1v) is 5.65. The Bertz CT molecular complexity index is 350. The zero-order valence-electron chi connectivity index (χ0n) is 9.79. The Labute approximate surface area is 95.6 Å². The predicted octanol–water partition coefficient (Wildman–Crippen LogP) is 0.994. The zero-order valence-corrected chi connectivity index (χ0v) is 9.79. The van der Waals surface area contributed by atoms with Crippen LogP contribution in [0, 0.1) is 0 Å². The van der Waals surface area contributed by atoms with Gasteiger partial charge in [-0.2, -0.15) is 0 Å². The van der Waals surface area contributed by atoms with Gasteiger partial charge < -0.3 is 15.4 Å². The van der Waals surface area contributed by atoms with Gasteiger partial charge in [-0.25, -0.2) is 0 Å². The van der Waals surface area contributed by atoms with Crippen molar-refractivity contribution in [3.8, 4) is 5.75 Å². The molecule has 0 aromatic carbocycles. The first kappa shape index (κ1) is 11.1. The highest BCUT2D eigenvalue weighted by atomic mass is 16.5. The lowest BCUT2D eigenvalue weighted by Crippen LogP contribution is -2.27. The first-order chi connectivity index (χ1) is 7.85. The van der Waals surface area contributed by atoms with E-state index >= 15 is 0 Å². The second-order valence-corrected chi connectivity index (χ2v) is 3.96. The lowest BCUT2D eigenvalue weighted by molar-refractivity contribution is 0.383. The molecule has 1 saturated heterocycles. The number of ether oxygens (including phenoxy) is 1. The molecule has 0 amide bonds. The maximum atomic E-state index is 5.38. The molecule has 16 heavy (non-hydrogen) atoms. The van der Waals surface area contributed by atoms with Crippen molar-refractivity contribution in [2.75, 3.05) is 32.6 Å². The second kappa shape index (κ2) is 5.12. The van der Waals surface area contributed by atoms with Gasteiger partial charge in [0, 0.05) is 19.0 Å². The van der Waals surface area contributed by atoms with Crippen LogP contribution in [-0.2, 0) is 0 Å². The normalized spacial score (nSPS) is 17.1. The van der Waals surface area contributed by atoms with E-state index in [2.05, 4.69) is 20.8 Å². The van der Waals surface area contributed by atoms with Gasteiger partial charge in [0.25, 0.3) is 0 Å². The van der Waals surface area contributed by atoms with Crippen molar-refractivity contribution in [3.63, 3.8) is 0 Å². The highest BCUT2D eigenvalue weighted by Crippen LogP contribution is 2.31. The van der Waals surface area contributed by atoms with E-state index in [9.17, 15) is 0 Å². The summed E-state index contributed by atoms with van der Waals surface area (Å²) in [5, 5.41) is 14.7. The highest BCUT2D eigenvalue weighted by molar-refractivity contribution is 5.42. The quantitative estimate of drug-likeness (QED) is 0.799. The minimum atomic E-state index is 0.467. The summed E-state index contributed by atoms with van der Waals surface area (Å²) in [7, 11) is 3.51. The Morgan fingerprint density at radius 1 is 1.38 bits per heavy atom. The zero-order chi connectivity index (χ0) is 11.4. The van der Waals surface area contributed by atoms with Crippen LogP contribution in [-0.4, -0.2) is 37.4 Å². The molecule has 2 N–H and O–H groups in total. The molecule has 2 rings (SSSR count). The smallest absolute Gasteiger partial charge is 0.152 e. The maximum absolute atomic E-state index is 5.38. The van der Waals surface area contributed by atoms with Crippen LogP contribution in [0.15, 0.2) is 6.07 Å². The number of hydrogen-bond acceptors (Lipinski definition) is 5. The Morgan fingerprint density at radius 2 is 2.12 bits per heavy atom. The number of piperidine rings is 1. The van der Waals surface area contributed by atoms with E-state index in [4.69, 9.17) is 4.74 Å². The summed E-state index contributed by atoms with van der Waals surface area (Å²) >= 11 is 0. The van der Waals surface area contributed by atoms with E-state index in [-0.39, 0.29) is 0 Å². The molecule has 0 spiro atoms. The number of aromatic nitrogens is 2. The van der Waals surface area contributed by atoms with Gasteiger partial charge in [0.15, 0.2) is 5.82 Å². The fourth-order valence-electron chi connectivity index (χ4n) is 2.05. The Balaban J connectivity index is 2.24. The monoisotopic (exact) mass is 222 g/mol. The van der Waals surface area contributed by atoms with Gasteiger partial charge in [-0.1, -0.05) is 0 Å². The van der Waals surface area contributed by atoms with Crippen LogP contribution in [0.2, 0.25) is 0 Å². The van der Waals surface area contributed by atoms with Gasteiger partial charge in [-0.3, -0.25) is 0 Å². The Kier molecular flexibility index (Phi) is 3.56. The highest BCUT2D eigenvalue weighted by Gasteiger charge is 2.21. The average molecular weight is 222 g/mol. The van der Waals surface area contributed by atoms with Gasteiger partial charge in [0.2, 0.25) is 0 Å². The van der Waals surface area contributed by atoms with E-state index in [0.717, 1.165) is 43.2 Å². The second-order valence-electron chi connectivity index (χ2n) is 3.96. The number of anilines is 1. The predicted molar refractivity (Wildman–Crippen MR) is 63.0 cm³/mol. The van der Waals surface area contributed by atoms with Crippen LogP contribution >= 0.6 is 0 Å². The van der Waals surface area contributed by atoms with Gasteiger partial charge in [0.05, 0.1) is 7.11 Å². The topological polar surface area (TPSA) is 59.1 Å². The van der Waals surface area contributed by atoms with Crippen LogP contribution in [0.5, 0.6) is 5.75 Å². The minimum Gasteiger partial charge on any atom is -0.495 e. The van der Waals surface area contributed by atoms with E-state index in [0.29, 0.717) is 5.92 Å². The molecular formula is C11H18N4O. The molecular weight excluding hydrogens is 204 g/mol. The molecule has 1 aliphatic heterocycles. The molecule has 2 heterocycles. The molecule has 0 radical (unpaired) electrons. The third-order valence-electron chi connectivity index (χ3n) is 2.99. The minimum absolute atomic E-state index is 0.467. The Hall–Kier alpha value is -1.36. The van der Waals surface area contributed by atoms with Crippen molar-refractivity contribution in [3.05, 3.63) is 11.8 Å². The summed E-state index contributed by atoms with van der Waals surface area (Å²) in [6.07, 6.45) is 2.20. The van der Waals surface area contributed by atoms with Crippen molar-refractivity contribution >= 4 is 5.82 Å². The molecule has 0 saturated carbocycles. The fraction of sp³-hybridized carbons (Fsp3) is 0.636. The standard InChI is InChI=1S/C11H18N4O/c1-12-10-7-9(16-2)11(15-14-10)8-3-5-13-6-4-8/h7-8,13H,3-6H2,1-2H3,(H,12,14). The molecule has 0 aliphatic carbocycles. The van der Waals surface area contributed by atoms with E-state index in [1.807, 2.05) is 13.1 Å². The SMILES string of the molecule is CNc1cc(OC)c(C2CCNCC2)nn1. The largest absolute Gasteiger partial charge is 0.495 e. The van der Waals surface area contributed by atoms with Crippen LogP contribution < -0.4 is 15.4 Å². The van der Waals surface area contributed by atoms with Gasteiger partial charge in [0.1, 0.15) is 11.4 Å². The summed E-state index contributed by atoms with van der Waals surface area (Å²) in [6.45, 7) is 2.09. The molecule has 0 bridgehead atoms. The van der Waals surface area contributed by atoms with Gasteiger partial charge in [-0.15, -0.1) is 10.2 Å². The summed E-state index contributed by atoms with van der Waals surface area (Å²) < 4.78 is 5.38. The van der Waals surface area contributed by atoms with Crippen LogP contribution in [0.1, 0.15) is 24.5 Å². The molecule has 1 aromatic heterocycles. The lowest BCUT2D eigenvalue weighted by Gasteiger charge is -2.23. The van der Waals surface area contributed by atoms with Gasteiger partial charge in [-0.05, 0) is 25.9 Å². The summed E-state index contributed by atoms with van der Waals surface area (Å²) in [4.78, 5) is 0. The van der Waals surface area contributed by atoms with Crippen molar-refractivity contribution < 1.29 is 4.74 Å². The third-order valence-corrected chi connectivity index (χ3v) is 2.99. The Morgan fingerprint density at radius 3 is 2.75 bits per heavy atom. The fourth-order valence-corrected chi connectivity index (χ4v) is 2.05. The van der Waals surface area contributed by atoms with Crippen molar-refractivity contribution in [1.29, 1.82) is 0 Å². The summed E-state index contributed by atoms with van der Waals surface area (Å²) in [5.41, 5.74) is 0.989. The number of rotatable bonds is 3. The number of hydrogen-bond donors (Lipinski definition) is 2. The lowest BCUT2D eigenvalue weighted by atomic mass is 9.94. The molecule has 0 atom stereocenters. The first-order valence-electron chi connectivity index (χ1n) is 5.65. The molecule has 1 fully saturated rings. The number of nitrogens with one attached hydrogen (secondary N) is 2. The molecule has 88 valence electrons.